The van der Waals surface area contributed by atoms with Crippen LogP contribution in [0, 0.1) is 0 Å². The number of hydrogen-bond donors (Lipinski definition) is 0. The molecule has 3 aromatic rings. The number of halogens is 1. The third-order valence-electron chi connectivity index (χ3n) is 2.74. The zero-order valence-corrected chi connectivity index (χ0v) is 12.7. The van der Waals surface area contributed by atoms with Gasteiger partial charge >= 0.3 is 0 Å². The van der Waals surface area contributed by atoms with E-state index in [1.165, 1.54) is 0 Å². The Balaban J connectivity index is 1.69. The largest absolute Gasteiger partial charge is 0.457 e. The summed E-state index contributed by atoms with van der Waals surface area (Å²) < 4.78 is 12.2. The summed E-state index contributed by atoms with van der Waals surface area (Å²) in [5.74, 6) is 3.05. The lowest BCUT2D eigenvalue weighted by atomic mass is 10.3. The smallest absolute Gasteiger partial charge is 0.131 e. The first kappa shape index (κ1) is 13.6. The van der Waals surface area contributed by atoms with Crippen LogP contribution in [-0.4, -0.2) is 4.98 Å². The van der Waals surface area contributed by atoms with Crippen LogP contribution < -0.4 is 9.47 Å². The van der Waals surface area contributed by atoms with Gasteiger partial charge in [0.2, 0.25) is 0 Å². The zero-order chi connectivity index (χ0) is 14.5. The number of hydrogen-bond acceptors (Lipinski definition) is 3. The monoisotopic (exact) mass is 341 g/mol. The van der Waals surface area contributed by atoms with Crippen LogP contribution >= 0.6 is 15.9 Å². The van der Waals surface area contributed by atoms with Crippen molar-refractivity contribution in [3.63, 3.8) is 0 Å². The molecule has 3 nitrogen and oxygen atoms in total. The van der Waals surface area contributed by atoms with Gasteiger partial charge in [-0.05, 0) is 58.4 Å². The van der Waals surface area contributed by atoms with E-state index in [1.807, 2.05) is 60.7 Å². The van der Waals surface area contributed by atoms with E-state index in [-0.39, 0.29) is 0 Å². The summed E-state index contributed by atoms with van der Waals surface area (Å²) in [4.78, 5) is 4.06. The molecule has 0 unspecified atom stereocenters. The normalized spacial score (nSPS) is 10.1. The average Bonchev–Trinajstić information content (AvgIpc) is 2.50. The molecule has 0 bridgehead atoms. The fraction of sp³-hybridized carbons (Fsp3) is 0. The van der Waals surface area contributed by atoms with E-state index < -0.39 is 0 Å². The van der Waals surface area contributed by atoms with E-state index in [0.717, 1.165) is 27.6 Å². The number of aromatic nitrogens is 1. The minimum atomic E-state index is 0.730. The molecule has 3 rings (SSSR count). The fourth-order valence-electron chi connectivity index (χ4n) is 1.78. The Morgan fingerprint density at radius 3 is 1.86 bits per heavy atom. The summed E-state index contributed by atoms with van der Waals surface area (Å²) >= 11 is 3.31. The van der Waals surface area contributed by atoms with Crippen molar-refractivity contribution in [2.75, 3.05) is 0 Å². The lowest BCUT2D eigenvalue weighted by Crippen LogP contribution is -1.86. The van der Waals surface area contributed by atoms with E-state index in [0.29, 0.717) is 0 Å². The highest BCUT2D eigenvalue weighted by Gasteiger charge is 2.00. The molecular weight excluding hydrogens is 330 g/mol. The molecular formula is C17H12BrNO2. The minimum Gasteiger partial charge on any atom is -0.457 e. The highest BCUT2D eigenvalue weighted by atomic mass is 79.9. The molecule has 0 amide bonds. The number of para-hydroxylation sites is 1. The second-order valence-corrected chi connectivity index (χ2v) is 5.12. The van der Waals surface area contributed by atoms with Gasteiger partial charge in [-0.1, -0.05) is 18.2 Å². The maximum atomic E-state index is 5.74. The molecule has 0 atom stereocenters. The Kier molecular flexibility index (Phi) is 4.17. The summed E-state index contributed by atoms with van der Waals surface area (Å²) in [6, 6.07) is 20.8. The summed E-state index contributed by atoms with van der Waals surface area (Å²) in [6.45, 7) is 0. The molecule has 104 valence electrons. The predicted molar refractivity (Wildman–Crippen MR) is 85.0 cm³/mol. The van der Waals surface area contributed by atoms with Crippen molar-refractivity contribution < 1.29 is 9.47 Å². The lowest BCUT2D eigenvalue weighted by Gasteiger charge is -2.08. The van der Waals surface area contributed by atoms with Crippen LogP contribution in [0.4, 0.5) is 0 Å². The quantitative estimate of drug-likeness (QED) is 0.593. The van der Waals surface area contributed by atoms with Crippen LogP contribution in [0.3, 0.4) is 0 Å². The van der Waals surface area contributed by atoms with Gasteiger partial charge in [0.25, 0.3) is 0 Å². The van der Waals surface area contributed by atoms with Crippen molar-refractivity contribution in [2.24, 2.45) is 0 Å². The highest BCUT2D eigenvalue weighted by molar-refractivity contribution is 9.10. The maximum Gasteiger partial charge on any atom is 0.131 e. The molecule has 2 aromatic carbocycles. The molecule has 0 fully saturated rings. The third kappa shape index (κ3) is 3.83. The third-order valence-corrected chi connectivity index (χ3v) is 3.17. The van der Waals surface area contributed by atoms with Crippen LogP contribution in [-0.2, 0) is 0 Å². The van der Waals surface area contributed by atoms with Crippen molar-refractivity contribution in [1.82, 2.24) is 4.98 Å². The molecule has 0 N–H and O–H groups in total. The molecule has 0 aliphatic carbocycles. The van der Waals surface area contributed by atoms with Crippen molar-refractivity contribution >= 4 is 15.9 Å². The van der Waals surface area contributed by atoms with E-state index in [1.54, 1.807) is 12.3 Å². The van der Waals surface area contributed by atoms with Crippen molar-refractivity contribution in [3.05, 3.63) is 77.5 Å². The first-order valence-corrected chi connectivity index (χ1v) is 7.21. The lowest BCUT2D eigenvalue weighted by molar-refractivity contribution is 0.469. The summed E-state index contributed by atoms with van der Waals surface area (Å²) in [5, 5.41) is 0. The van der Waals surface area contributed by atoms with Crippen LogP contribution in [0.25, 0.3) is 0 Å². The van der Waals surface area contributed by atoms with Gasteiger partial charge in [-0.2, -0.15) is 0 Å². The number of ether oxygens (including phenoxy) is 2. The minimum absolute atomic E-state index is 0.730. The molecule has 0 spiro atoms. The van der Waals surface area contributed by atoms with Crippen LogP contribution in [0.5, 0.6) is 23.0 Å². The second-order valence-electron chi connectivity index (χ2n) is 4.30. The number of benzene rings is 2. The first-order valence-electron chi connectivity index (χ1n) is 6.42. The van der Waals surface area contributed by atoms with E-state index >= 15 is 0 Å². The van der Waals surface area contributed by atoms with Gasteiger partial charge in [0.15, 0.2) is 0 Å². The van der Waals surface area contributed by atoms with Gasteiger partial charge < -0.3 is 9.47 Å². The molecule has 0 saturated carbocycles. The van der Waals surface area contributed by atoms with Crippen molar-refractivity contribution in [1.29, 1.82) is 0 Å². The summed E-state index contributed by atoms with van der Waals surface area (Å²) in [7, 11) is 0. The molecule has 0 aliphatic rings. The topological polar surface area (TPSA) is 31.4 Å². The van der Waals surface area contributed by atoms with Gasteiger partial charge in [0.05, 0.1) is 0 Å². The number of rotatable bonds is 4. The SMILES string of the molecule is Brc1cc(Oc2ccc(Oc3ccccc3)cc2)ccn1. The van der Waals surface area contributed by atoms with Gasteiger partial charge in [-0.3, -0.25) is 0 Å². The standard InChI is InChI=1S/C17H12BrNO2/c18-17-12-16(10-11-19-17)21-15-8-6-14(7-9-15)20-13-4-2-1-3-5-13/h1-12H. The Bertz CT molecular complexity index is 714. The Morgan fingerprint density at radius 1 is 0.667 bits per heavy atom. The van der Waals surface area contributed by atoms with E-state index in [4.69, 9.17) is 9.47 Å². The average molecular weight is 342 g/mol. The molecule has 4 heteroatoms. The van der Waals surface area contributed by atoms with Gasteiger partial charge in [-0.25, -0.2) is 4.98 Å². The van der Waals surface area contributed by atoms with Crippen molar-refractivity contribution in [3.8, 4) is 23.0 Å². The van der Waals surface area contributed by atoms with Gasteiger partial charge in [0.1, 0.15) is 27.6 Å². The summed E-state index contributed by atoms with van der Waals surface area (Å²) in [5.41, 5.74) is 0. The molecule has 21 heavy (non-hydrogen) atoms. The molecule has 0 radical (unpaired) electrons. The Morgan fingerprint density at radius 2 is 1.24 bits per heavy atom. The highest BCUT2D eigenvalue weighted by Crippen LogP contribution is 2.27. The Labute approximate surface area is 131 Å². The van der Waals surface area contributed by atoms with Gasteiger partial charge in [0, 0.05) is 12.3 Å². The molecule has 1 heterocycles. The van der Waals surface area contributed by atoms with Crippen LogP contribution in [0.1, 0.15) is 0 Å². The van der Waals surface area contributed by atoms with Crippen molar-refractivity contribution in [2.45, 2.75) is 0 Å². The van der Waals surface area contributed by atoms with Crippen LogP contribution in [0.2, 0.25) is 0 Å². The second kappa shape index (κ2) is 6.41. The Hall–Kier alpha value is -2.33. The molecule has 1 aromatic heterocycles. The zero-order valence-electron chi connectivity index (χ0n) is 11.1. The first-order chi connectivity index (χ1) is 10.3. The van der Waals surface area contributed by atoms with Crippen LogP contribution in [0.15, 0.2) is 77.5 Å². The van der Waals surface area contributed by atoms with E-state index in [9.17, 15) is 0 Å². The predicted octanol–water partition coefficient (Wildman–Crippen LogP) is 5.43. The number of pyridine rings is 1. The molecule has 0 saturated heterocycles. The van der Waals surface area contributed by atoms with E-state index in [2.05, 4.69) is 20.9 Å². The fourth-order valence-corrected chi connectivity index (χ4v) is 2.13. The van der Waals surface area contributed by atoms with Gasteiger partial charge in [-0.15, -0.1) is 0 Å². The number of nitrogens with zero attached hydrogens (tertiary/aromatic N) is 1. The summed E-state index contributed by atoms with van der Waals surface area (Å²) in [6.07, 6.45) is 1.69. The maximum absolute atomic E-state index is 5.74. The molecule has 0 aliphatic heterocycles.